The third-order valence-electron chi connectivity index (χ3n) is 10.9. The summed E-state index contributed by atoms with van der Waals surface area (Å²) in [5.74, 6) is 1.14. The first-order valence-corrected chi connectivity index (χ1v) is 16.5. The number of hydrogen-bond acceptors (Lipinski definition) is 5. The minimum atomic E-state index is -1.10. The zero-order valence-corrected chi connectivity index (χ0v) is 27.4. The topological polar surface area (TPSA) is 99.7 Å². The molecule has 0 aliphatic heterocycles. The van der Waals surface area contributed by atoms with Crippen LogP contribution in [0.25, 0.3) is 0 Å². The van der Waals surface area contributed by atoms with E-state index in [0.29, 0.717) is 30.1 Å². The maximum absolute atomic E-state index is 13.7. The van der Waals surface area contributed by atoms with E-state index in [-0.39, 0.29) is 41.7 Å². The molecule has 0 aromatic carbocycles. The molecule has 234 valence electrons. The fourth-order valence-corrected chi connectivity index (χ4v) is 7.91. The van der Waals surface area contributed by atoms with Crippen molar-refractivity contribution < 1.29 is 19.3 Å². The van der Waals surface area contributed by atoms with Gasteiger partial charge in [-0.25, -0.2) is 0 Å². The van der Waals surface area contributed by atoms with Gasteiger partial charge < -0.3 is 25.6 Å². The third kappa shape index (κ3) is 7.90. The Morgan fingerprint density at radius 2 is 1.66 bits per heavy atom. The third-order valence-corrected chi connectivity index (χ3v) is 10.9. The maximum atomic E-state index is 13.7. The van der Waals surface area contributed by atoms with E-state index in [2.05, 4.69) is 71.0 Å². The summed E-state index contributed by atoms with van der Waals surface area (Å²) in [6, 6.07) is -0.763. The van der Waals surface area contributed by atoms with Gasteiger partial charge in [0.1, 0.15) is 6.04 Å². The molecule has 4 fully saturated rings. The number of unbranched alkanes of at least 4 members (excludes halogenated alkanes) is 6. The predicted molar refractivity (Wildman–Crippen MR) is 168 cm³/mol. The van der Waals surface area contributed by atoms with E-state index in [1.165, 1.54) is 32.1 Å². The Bertz CT molecular complexity index is 922. The fraction of sp³-hybridized carbons (Fsp3) is 0.879. The summed E-state index contributed by atoms with van der Waals surface area (Å²) in [6.45, 7) is 21.7. The first kappa shape index (κ1) is 34.0. The van der Waals surface area contributed by atoms with Crippen LogP contribution in [-0.4, -0.2) is 48.1 Å². The summed E-state index contributed by atoms with van der Waals surface area (Å²) < 4.78 is 6.49. The van der Waals surface area contributed by atoms with Crippen molar-refractivity contribution in [1.82, 2.24) is 16.0 Å². The van der Waals surface area contributed by atoms with Crippen molar-refractivity contribution in [3.8, 4) is 0 Å². The van der Waals surface area contributed by atoms with Crippen molar-refractivity contribution in [2.75, 3.05) is 6.54 Å². The number of carbonyl (C=O) groups is 2. The van der Waals surface area contributed by atoms with Gasteiger partial charge in [0.05, 0.1) is 5.44 Å². The SMILES string of the molecule is C=C(C)NC[C@H](NC(=O)CCCCCCCCC)C(=O)NC1(B(O)O[C@@H]2C[C@@H]3C[C@@H](C3(C)C)C2(C)C)CC1C(C)C. The quantitative estimate of drug-likeness (QED) is 0.123. The van der Waals surface area contributed by atoms with E-state index >= 15 is 0 Å². The molecule has 4 rings (SSSR count). The molecular weight excluding hydrogens is 513 g/mol. The molecule has 6 atom stereocenters. The van der Waals surface area contributed by atoms with Crippen LogP contribution in [0.4, 0.5) is 0 Å². The van der Waals surface area contributed by atoms with Crippen LogP contribution in [0.2, 0.25) is 0 Å². The van der Waals surface area contributed by atoms with Crippen molar-refractivity contribution in [3.05, 3.63) is 12.3 Å². The van der Waals surface area contributed by atoms with Gasteiger partial charge in [0, 0.05) is 24.8 Å². The largest absolute Gasteiger partial charge is 0.482 e. The summed E-state index contributed by atoms with van der Waals surface area (Å²) >= 11 is 0. The standard InChI is InChI=1S/C33H60BN3O4/c1-10-11-12-13-14-15-16-17-29(38)36-26(21-35-23(4)5)30(39)37-33(20-25(33)22(2)3)34(40)41-28-19-24-18-27(31(24,6)7)32(28,8)9/h22,24-28,35,40H,4,10-21H2,1-3,5-9H3,(H,36,38)(H,37,39)/t24-,25?,26-,27-,28+,33?/m0/s1. The van der Waals surface area contributed by atoms with Gasteiger partial charge in [-0.15, -0.1) is 0 Å². The van der Waals surface area contributed by atoms with Crippen molar-refractivity contribution >= 4 is 18.9 Å². The Kier molecular flexibility index (Phi) is 11.5. The Balaban J connectivity index is 1.62. The lowest BCUT2D eigenvalue weighted by Crippen LogP contribution is -2.65. The summed E-state index contributed by atoms with van der Waals surface area (Å²) in [5.41, 5.74) is 0.139. The van der Waals surface area contributed by atoms with Crippen molar-refractivity contribution in [2.24, 2.45) is 34.5 Å². The smallest absolute Gasteiger partial charge is 0.425 e. The predicted octanol–water partition coefficient (Wildman–Crippen LogP) is 5.76. The van der Waals surface area contributed by atoms with Gasteiger partial charge in [0.15, 0.2) is 0 Å². The normalized spacial score (nSPS) is 29.7. The van der Waals surface area contributed by atoms with Crippen LogP contribution in [0.3, 0.4) is 0 Å². The van der Waals surface area contributed by atoms with E-state index in [0.717, 1.165) is 31.4 Å². The second-order valence-corrected chi connectivity index (χ2v) is 15.1. The first-order valence-electron chi connectivity index (χ1n) is 16.5. The fourth-order valence-electron chi connectivity index (χ4n) is 7.91. The monoisotopic (exact) mass is 573 g/mol. The summed E-state index contributed by atoms with van der Waals surface area (Å²) in [7, 11) is -1.10. The second kappa shape index (κ2) is 13.8. The lowest BCUT2D eigenvalue weighted by atomic mass is 9.40. The van der Waals surface area contributed by atoms with E-state index in [1.54, 1.807) is 0 Å². The molecule has 0 spiro atoms. The van der Waals surface area contributed by atoms with Gasteiger partial charge in [-0.1, -0.05) is 93.6 Å². The maximum Gasteiger partial charge on any atom is 0.482 e. The van der Waals surface area contributed by atoms with Gasteiger partial charge in [-0.05, 0) is 67.1 Å². The molecule has 4 N–H and O–H groups in total. The average Bonchev–Trinajstić information content (AvgIpc) is 3.62. The second-order valence-electron chi connectivity index (χ2n) is 15.1. The van der Waals surface area contributed by atoms with Gasteiger partial charge in [-0.2, -0.15) is 0 Å². The van der Waals surface area contributed by atoms with E-state index in [1.807, 2.05) is 6.92 Å². The summed E-state index contributed by atoms with van der Waals surface area (Å²) in [4.78, 5) is 26.5. The number of nitrogens with one attached hydrogen (secondary N) is 3. The van der Waals surface area contributed by atoms with Crippen LogP contribution in [0.15, 0.2) is 12.3 Å². The van der Waals surface area contributed by atoms with Gasteiger partial charge in [-0.3, -0.25) is 9.59 Å². The molecule has 0 aromatic rings. The minimum absolute atomic E-state index is 0.0510. The Labute approximate surface area is 250 Å². The highest BCUT2D eigenvalue weighted by atomic mass is 16.5. The molecular formula is C33H60BN3O4. The van der Waals surface area contributed by atoms with Crippen LogP contribution in [0.1, 0.15) is 126 Å². The molecule has 41 heavy (non-hydrogen) atoms. The van der Waals surface area contributed by atoms with Crippen molar-refractivity contribution in [3.63, 3.8) is 0 Å². The van der Waals surface area contributed by atoms with Crippen LogP contribution in [0.5, 0.6) is 0 Å². The zero-order chi connectivity index (χ0) is 30.6. The Morgan fingerprint density at radius 3 is 2.20 bits per heavy atom. The molecule has 4 saturated carbocycles. The Hall–Kier alpha value is -1.54. The number of hydrogen-bond donors (Lipinski definition) is 4. The van der Waals surface area contributed by atoms with Gasteiger partial charge in [0.2, 0.25) is 11.8 Å². The lowest BCUT2D eigenvalue weighted by molar-refractivity contribution is -0.196. The van der Waals surface area contributed by atoms with Crippen molar-refractivity contribution in [1.29, 1.82) is 0 Å². The molecule has 2 bridgehead atoms. The summed E-state index contributed by atoms with van der Waals surface area (Å²) in [6.07, 6.45) is 11.1. The van der Waals surface area contributed by atoms with E-state index in [9.17, 15) is 14.6 Å². The highest BCUT2D eigenvalue weighted by molar-refractivity contribution is 6.49. The summed E-state index contributed by atoms with van der Waals surface area (Å²) in [5, 5.41) is 20.8. The molecule has 7 nitrogen and oxygen atoms in total. The van der Waals surface area contributed by atoms with Crippen molar-refractivity contribution in [2.45, 2.75) is 144 Å². The van der Waals surface area contributed by atoms with E-state index in [4.69, 9.17) is 4.65 Å². The van der Waals surface area contributed by atoms with Crippen LogP contribution in [-0.2, 0) is 14.2 Å². The average molecular weight is 574 g/mol. The van der Waals surface area contributed by atoms with Gasteiger partial charge in [0.25, 0.3) is 0 Å². The Morgan fingerprint density at radius 1 is 1.02 bits per heavy atom. The van der Waals surface area contributed by atoms with Crippen LogP contribution >= 0.6 is 0 Å². The minimum Gasteiger partial charge on any atom is -0.425 e. The molecule has 0 radical (unpaired) electrons. The first-order chi connectivity index (χ1) is 19.2. The molecule has 4 aliphatic rings. The number of carbonyl (C=O) groups excluding carboxylic acids is 2. The molecule has 2 unspecified atom stereocenters. The molecule has 0 heterocycles. The van der Waals surface area contributed by atoms with Crippen LogP contribution in [0, 0.1) is 34.5 Å². The molecule has 2 amide bonds. The molecule has 0 saturated heterocycles. The zero-order valence-electron chi connectivity index (χ0n) is 27.4. The molecule has 4 aliphatic carbocycles. The highest BCUT2D eigenvalue weighted by Crippen LogP contribution is 2.66. The number of fused-ring (bicyclic) bond motifs is 2. The van der Waals surface area contributed by atoms with E-state index < -0.39 is 18.6 Å². The number of amides is 2. The number of allylic oxidation sites excluding steroid dienone is 1. The van der Waals surface area contributed by atoms with Crippen LogP contribution < -0.4 is 16.0 Å². The lowest BCUT2D eigenvalue weighted by Gasteiger charge is -2.66. The van der Waals surface area contributed by atoms with Gasteiger partial charge >= 0.3 is 7.12 Å². The highest BCUT2D eigenvalue weighted by Gasteiger charge is 2.68. The molecule has 8 heteroatoms. The number of rotatable bonds is 18. The molecule has 0 aromatic heterocycles.